The van der Waals surface area contributed by atoms with Crippen LogP contribution in [0.2, 0.25) is 0 Å². The zero-order valence-corrected chi connectivity index (χ0v) is 12.7. The summed E-state index contributed by atoms with van der Waals surface area (Å²) in [6, 6.07) is 12.3. The lowest BCUT2D eigenvalue weighted by Gasteiger charge is -2.15. The highest BCUT2D eigenvalue weighted by atomic mass is 32.2. The Hall–Kier alpha value is -1.21. The molecule has 4 nitrogen and oxygen atoms in total. The summed E-state index contributed by atoms with van der Waals surface area (Å²) in [5.74, 6) is 0. The highest BCUT2D eigenvalue weighted by molar-refractivity contribution is 7.91. The molecule has 1 heterocycles. The van der Waals surface area contributed by atoms with Gasteiger partial charge in [0.2, 0.25) is 10.0 Å². The van der Waals surface area contributed by atoms with Gasteiger partial charge in [-0.25, -0.2) is 13.1 Å². The summed E-state index contributed by atoms with van der Waals surface area (Å²) in [7, 11) is -3.56. The zero-order chi connectivity index (χ0) is 14.6. The molecule has 0 aliphatic rings. The van der Waals surface area contributed by atoms with Gasteiger partial charge in [0.05, 0.1) is 6.61 Å². The van der Waals surface area contributed by atoms with Crippen molar-refractivity contribution in [3.8, 4) is 0 Å². The number of sulfonamides is 1. The van der Waals surface area contributed by atoms with Gasteiger partial charge < -0.3 is 5.11 Å². The van der Waals surface area contributed by atoms with Crippen LogP contribution in [-0.4, -0.2) is 26.2 Å². The average Bonchev–Trinajstić information content (AvgIpc) is 2.86. The lowest BCUT2D eigenvalue weighted by molar-refractivity contribution is 0.256. The summed E-state index contributed by atoms with van der Waals surface area (Å²) in [5, 5.41) is 9.38. The first-order chi connectivity index (χ1) is 9.51. The van der Waals surface area contributed by atoms with Gasteiger partial charge in [-0.15, -0.1) is 11.3 Å². The molecule has 0 aliphatic carbocycles. The maximum atomic E-state index is 12.2. The number of rotatable bonds is 6. The lowest BCUT2D eigenvalue weighted by Crippen LogP contribution is -2.38. The third-order valence-corrected chi connectivity index (χ3v) is 5.86. The Bertz CT molecular complexity index is 650. The predicted molar refractivity (Wildman–Crippen MR) is 80.4 cm³/mol. The van der Waals surface area contributed by atoms with Crippen LogP contribution in [0.1, 0.15) is 10.4 Å². The van der Waals surface area contributed by atoms with Crippen LogP contribution >= 0.6 is 11.3 Å². The van der Waals surface area contributed by atoms with Crippen molar-refractivity contribution in [2.24, 2.45) is 0 Å². The Morgan fingerprint density at radius 3 is 2.45 bits per heavy atom. The maximum Gasteiger partial charge on any atom is 0.250 e. The van der Waals surface area contributed by atoms with E-state index in [0.29, 0.717) is 6.42 Å². The lowest BCUT2D eigenvalue weighted by atomic mass is 10.1. The molecule has 0 aliphatic heterocycles. The van der Waals surface area contributed by atoms with Crippen LogP contribution in [0.3, 0.4) is 0 Å². The quantitative estimate of drug-likeness (QED) is 0.857. The third kappa shape index (κ3) is 3.89. The number of nitrogens with one attached hydrogen (secondary N) is 1. The summed E-state index contributed by atoms with van der Waals surface area (Å²) in [6.45, 7) is 1.62. The Morgan fingerprint density at radius 2 is 1.90 bits per heavy atom. The van der Waals surface area contributed by atoms with E-state index in [0.717, 1.165) is 10.4 Å². The van der Waals surface area contributed by atoms with Crippen LogP contribution in [0.25, 0.3) is 0 Å². The fourth-order valence-electron chi connectivity index (χ4n) is 1.88. The smallest absolute Gasteiger partial charge is 0.250 e. The number of aliphatic hydroxyl groups excluding tert-OH is 1. The van der Waals surface area contributed by atoms with Gasteiger partial charge in [-0.05, 0) is 31.0 Å². The first-order valence-electron chi connectivity index (χ1n) is 6.25. The second-order valence-corrected chi connectivity index (χ2v) is 7.78. The van der Waals surface area contributed by atoms with Crippen LogP contribution in [0, 0.1) is 6.92 Å². The molecule has 1 aromatic carbocycles. The molecule has 0 radical (unpaired) electrons. The van der Waals surface area contributed by atoms with Gasteiger partial charge in [0, 0.05) is 10.9 Å². The number of thiophene rings is 1. The molecule has 2 N–H and O–H groups in total. The zero-order valence-electron chi connectivity index (χ0n) is 11.1. The van der Waals surface area contributed by atoms with E-state index in [9.17, 15) is 13.5 Å². The Morgan fingerprint density at radius 1 is 1.20 bits per heavy atom. The van der Waals surface area contributed by atoms with Crippen molar-refractivity contribution in [2.75, 3.05) is 6.61 Å². The summed E-state index contributed by atoms with van der Waals surface area (Å²) in [4.78, 5) is 0.939. The van der Waals surface area contributed by atoms with E-state index in [1.54, 1.807) is 12.1 Å². The summed E-state index contributed by atoms with van der Waals surface area (Å²) >= 11 is 1.22. The van der Waals surface area contributed by atoms with Crippen molar-refractivity contribution in [2.45, 2.75) is 23.6 Å². The first kappa shape index (κ1) is 15.2. The van der Waals surface area contributed by atoms with Crippen molar-refractivity contribution in [1.82, 2.24) is 4.72 Å². The van der Waals surface area contributed by atoms with E-state index in [1.165, 1.54) is 11.3 Å². The molecule has 0 bridgehead atoms. The van der Waals surface area contributed by atoms with Crippen molar-refractivity contribution in [3.05, 3.63) is 52.9 Å². The van der Waals surface area contributed by atoms with Gasteiger partial charge in [-0.1, -0.05) is 30.3 Å². The minimum atomic E-state index is -3.56. The second-order valence-electron chi connectivity index (χ2n) is 4.56. The van der Waals surface area contributed by atoms with E-state index >= 15 is 0 Å². The molecule has 108 valence electrons. The van der Waals surface area contributed by atoms with Crippen LogP contribution in [0.15, 0.2) is 46.7 Å². The largest absolute Gasteiger partial charge is 0.395 e. The molecule has 6 heteroatoms. The summed E-state index contributed by atoms with van der Waals surface area (Å²) in [6.07, 6.45) is 0.459. The fourth-order valence-corrected chi connectivity index (χ4v) is 4.40. The molecule has 0 fully saturated rings. The van der Waals surface area contributed by atoms with Gasteiger partial charge >= 0.3 is 0 Å². The molecular weight excluding hydrogens is 294 g/mol. The van der Waals surface area contributed by atoms with Crippen molar-refractivity contribution in [1.29, 1.82) is 0 Å². The molecule has 1 aromatic heterocycles. The van der Waals surface area contributed by atoms with E-state index in [2.05, 4.69) is 4.72 Å². The van der Waals surface area contributed by atoms with Crippen molar-refractivity contribution >= 4 is 21.4 Å². The van der Waals surface area contributed by atoms with E-state index in [1.807, 2.05) is 37.3 Å². The molecule has 2 aromatic rings. The van der Waals surface area contributed by atoms with Crippen molar-refractivity contribution < 1.29 is 13.5 Å². The van der Waals surface area contributed by atoms with Gasteiger partial charge in [0.25, 0.3) is 0 Å². The molecule has 20 heavy (non-hydrogen) atoms. The second kappa shape index (κ2) is 6.49. The highest BCUT2D eigenvalue weighted by Gasteiger charge is 2.21. The molecule has 0 amide bonds. The Balaban J connectivity index is 2.10. The van der Waals surface area contributed by atoms with Gasteiger partial charge in [-0.2, -0.15) is 0 Å². The van der Waals surface area contributed by atoms with Crippen LogP contribution in [0.5, 0.6) is 0 Å². The monoisotopic (exact) mass is 311 g/mol. The molecule has 0 unspecified atom stereocenters. The number of aryl methyl sites for hydroxylation is 1. The van der Waals surface area contributed by atoms with Crippen LogP contribution in [0.4, 0.5) is 0 Å². The topological polar surface area (TPSA) is 66.4 Å². The van der Waals surface area contributed by atoms with Gasteiger partial charge in [0.1, 0.15) is 4.21 Å². The molecular formula is C14H17NO3S2. The van der Waals surface area contributed by atoms with Crippen molar-refractivity contribution in [3.63, 3.8) is 0 Å². The van der Waals surface area contributed by atoms with Crippen LogP contribution in [-0.2, 0) is 16.4 Å². The van der Waals surface area contributed by atoms with Crippen LogP contribution < -0.4 is 4.72 Å². The SMILES string of the molecule is Cc1ccc(S(=O)(=O)N[C@H](CO)Cc2ccccc2)s1. The minimum absolute atomic E-state index is 0.238. The number of hydrogen-bond donors (Lipinski definition) is 2. The van der Waals surface area contributed by atoms with Gasteiger partial charge in [0.15, 0.2) is 0 Å². The van der Waals surface area contributed by atoms with Gasteiger partial charge in [-0.3, -0.25) is 0 Å². The van der Waals surface area contributed by atoms with E-state index in [4.69, 9.17) is 0 Å². The molecule has 0 saturated heterocycles. The highest BCUT2D eigenvalue weighted by Crippen LogP contribution is 2.20. The Kier molecular flexibility index (Phi) is 4.93. The van der Waals surface area contributed by atoms with E-state index < -0.39 is 16.1 Å². The fraction of sp³-hybridized carbons (Fsp3) is 0.286. The van der Waals surface area contributed by atoms with E-state index in [-0.39, 0.29) is 10.8 Å². The molecule has 0 saturated carbocycles. The Labute approximate surface area is 123 Å². The molecule has 0 spiro atoms. The maximum absolute atomic E-state index is 12.2. The standard InChI is InChI=1S/C14H17NO3S2/c1-11-7-8-14(19-11)20(17,18)15-13(10-16)9-12-5-3-2-4-6-12/h2-8,13,15-16H,9-10H2,1H3/t13-/m0/s1. The minimum Gasteiger partial charge on any atom is -0.395 e. The summed E-state index contributed by atoms with van der Waals surface area (Å²) in [5.41, 5.74) is 0.983. The molecule has 2 rings (SSSR count). The number of hydrogen-bond acceptors (Lipinski definition) is 4. The third-order valence-electron chi connectivity index (χ3n) is 2.85. The average molecular weight is 311 g/mol. The number of aliphatic hydroxyl groups is 1. The predicted octanol–water partition coefficient (Wildman–Crippen LogP) is 1.94. The molecule has 1 atom stereocenters. The normalized spacial score (nSPS) is 13.3. The summed E-state index contributed by atoms with van der Waals surface area (Å²) < 4.78 is 27.2. The first-order valence-corrected chi connectivity index (χ1v) is 8.55. The number of benzene rings is 1.